The third kappa shape index (κ3) is 4.02. The lowest BCUT2D eigenvalue weighted by Crippen LogP contribution is -2.52. The average Bonchev–Trinajstić information content (AvgIpc) is 3.12. The van der Waals surface area contributed by atoms with Gasteiger partial charge in [0.2, 0.25) is 0 Å². The number of halogens is 3. The van der Waals surface area contributed by atoms with Crippen LogP contribution in [-0.4, -0.2) is 55.9 Å². The first-order valence-electron chi connectivity index (χ1n) is 9.07. The van der Waals surface area contributed by atoms with E-state index in [1.165, 1.54) is 11.3 Å². The maximum Gasteiger partial charge on any atom is 0.263 e. The molecule has 2 aliphatic rings. The summed E-state index contributed by atoms with van der Waals surface area (Å²) in [6, 6.07) is 2.66. The minimum atomic E-state index is -3.19. The van der Waals surface area contributed by atoms with Crippen LogP contribution in [0, 0.1) is 0 Å². The van der Waals surface area contributed by atoms with Gasteiger partial charge in [-0.15, -0.1) is 11.3 Å². The minimum absolute atomic E-state index is 0.0466. The number of thiophene rings is 1. The van der Waals surface area contributed by atoms with Crippen molar-refractivity contribution in [1.29, 1.82) is 0 Å². The van der Waals surface area contributed by atoms with E-state index < -0.39 is 15.9 Å². The largest absolute Gasteiger partial charge is 0.346 e. The van der Waals surface area contributed by atoms with Gasteiger partial charge in [0.25, 0.3) is 5.91 Å². The SMILES string of the molecule is O=C(NC1CS(=O)(=O)CC1N1CCCCC1)c1sc2cc(Cl)cc(Cl)c2c1Cl. The lowest BCUT2D eigenvalue weighted by Gasteiger charge is -2.34. The van der Waals surface area contributed by atoms with Crippen LogP contribution in [0.4, 0.5) is 0 Å². The van der Waals surface area contributed by atoms with Gasteiger partial charge in [-0.25, -0.2) is 8.42 Å². The summed E-state index contributed by atoms with van der Waals surface area (Å²) in [6.07, 6.45) is 3.27. The molecule has 2 aliphatic heterocycles. The molecule has 2 aromatic rings. The van der Waals surface area contributed by atoms with Crippen LogP contribution >= 0.6 is 46.1 Å². The summed E-state index contributed by atoms with van der Waals surface area (Å²) in [7, 11) is -3.19. The number of likely N-dealkylation sites (tertiary alicyclic amines) is 1. The van der Waals surface area contributed by atoms with E-state index in [9.17, 15) is 13.2 Å². The summed E-state index contributed by atoms with van der Waals surface area (Å²) in [4.78, 5) is 15.5. The zero-order chi connectivity index (χ0) is 20.1. The average molecular weight is 482 g/mol. The van der Waals surface area contributed by atoms with Crippen LogP contribution in [0.25, 0.3) is 10.1 Å². The molecule has 1 N–H and O–H groups in total. The highest BCUT2D eigenvalue weighted by Crippen LogP contribution is 2.41. The van der Waals surface area contributed by atoms with E-state index in [0.29, 0.717) is 20.3 Å². The molecule has 2 unspecified atom stereocenters. The number of hydrogen-bond donors (Lipinski definition) is 1. The molecule has 1 amide bonds. The molecule has 10 heteroatoms. The fraction of sp³-hybridized carbons (Fsp3) is 0.500. The van der Waals surface area contributed by atoms with Crippen LogP contribution in [0.3, 0.4) is 0 Å². The second-order valence-electron chi connectivity index (χ2n) is 7.33. The highest BCUT2D eigenvalue weighted by molar-refractivity contribution is 7.91. The van der Waals surface area contributed by atoms with Crippen molar-refractivity contribution in [1.82, 2.24) is 10.2 Å². The van der Waals surface area contributed by atoms with Crippen molar-refractivity contribution in [2.24, 2.45) is 0 Å². The number of rotatable bonds is 3. The van der Waals surface area contributed by atoms with Gasteiger partial charge < -0.3 is 5.32 Å². The molecule has 28 heavy (non-hydrogen) atoms. The number of nitrogens with zero attached hydrogens (tertiary/aromatic N) is 1. The molecule has 2 saturated heterocycles. The smallest absolute Gasteiger partial charge is 0.263 e. The highest BCUT2D eigenvalue weighted by Gasteiger charge is 2.42. The zero-order valence-corrected chi connectivity index (χ0v) is 18.8. The molecule has 5 nitrogen and oxygen atoms in total. The van der Waals surface area contributed by atoms with E-state index >= 15 is 0 Å². The van der Waals surface area contributed by atoms with Gasteiger partial charge in [0.15, 0.2) is 9.84 Å². The molecule has 1 aromatic heterocycles. The van der Waals surface area contributed by atoms with Crippen molar-refractivity contribution in [2.45, 2.75) is 31.3 Å². The van der Waals surface area contributed by atoms with Crippen LogP contribution in [-0.2, 0) is 9.84 Å². The lowest BCUT2D eigenvalue weighted by atomic mass is 10.0. The van der Waals surface area contributed by atoms with Crippen LogP contribution < -0.4 is 5.32 Å². The maximum atomic E-state index is 13.0. The van der Waals surface area contributed by atoms with Crippen LogP contribution in [0.15, 0.2) is 12.1 Å². The lowest BCUT2D eigenvalue weighted by molar-refractivity contribution is 0.0904. The first kappa shape index (κ1) is 20.7. The highest BCUT2D eigenvalue weighted by atomic mass is 35.5. The van der Waals surface area contributed by atoms with E-state index in [4.69, 9.17) is 34.8 Å². The molecule has 4 rings (SSSR count). The molecular formula is C18H19Cl3N2O3S2. The minimum Gasteiger partial charge on any atom is -0.346 e. The number of benzene rings is 1. The van der Waals surface area contributed by atoms with Crippen molar-refractivity contribution in [3.63, 3.8) is 0 Å². The van der Waals surface area contributed by atoms with E-state index in [0.717, 1.165) is 37.1 Å². The third-order valence-corrected chi connectivity index (χ3v) is 9.21. The monoisotopic (exact) mass is 480 g/mol. The van der Waals surface area contributed by atoms with E-state index in [2.05, 4.69) is 10.2 Å². The van der Waals surface area contributed by atoms with Crippen molar-refractivity contribution < 1.29 is 13.2 Å². The Morgan fingerprint density at radius 2 is 1.82 bits per heavy atom. The topological polar surface area (TPSA) is 66.5 Å². The Morgan fingerprint density at radius 3 is 2.54 bits per heavy atom. The van der Waals surface area contributed by atoms with Gasteiger partial charge in [-0.05, 0) is 38.1 Å². The first-order chi connectivity index (χ1) is 13.2. The quantitative estimate of drug-likeness (QED) is 0.712. The second kappa shape index (κ2) is 7.93. The van der Waals surface area contributed by atoms with Crippen molar-refractivity contribution in [3.05, 3.63) is 32.1 Å². The Kier molecular flexibility index (Phi) is 5.86. The number of sulfone groups is 1. The van der Waals surface area contributed by atoms with Crippen LogP contribution in [0.1, 0.15) is 28.9 Å². The van der Waals surface area contributed by atoms with Gasteiger partial charge >= 0.3 is 0 Å². The summed E-state index contributed by atoms with van der Waals surface area (Å²) in [5.41, 5.74) is 0. The van der Waals surface area contributed by atoms with Crippen molar-refractivity contribution >= 4 is 72.0 Å². The van der Waals surface area contributed by atoms with E-state index in [1.807, 2.05) is 0 Å². The fourth-order valence-electron chi connectivity index (χ4n) is 4.07. The summed E-state index contributed by atoms with van der Waals surface area (Å²) >= 11 is 19.9. The number of fused-ring (bicyclic) bond motifs is 1. The molecule has 2 atom stereocenters. The summed E-state index contributed by atoms with van der Waals surface area (Å²) < 4.78 is 25.3. The Hall–Kier alpha value is -0.570. The van der Waals surface area contributed by atoms with E-state index in [-0.39, 0.29) is 28.5 Å². The molecule has 0 radical (unpaired) electrons. The molecule has 0 saturated carbocycles. The Labute approximate surface area is 182 Å². The number of nitrogens with one attached hydrogen (secondary N) is 1. The molecule has 0 aliphatic carbocycles. The van der Waals surface area contributed by atoms with Crippen LogP contribution in [0.5, 0.6) is 0 Å². The second-order valence-corrected chi connectivity index (χ2v) is 11.8. The molecule has 0 bridgehead atoms. The summed E-state index contributed by atoms with van der Waals surface area (Å²) in [5, 5.41) is 4.64. The van der Waals surface area contributed by atoms with E-state index in [1.54, 1.807) is 12.1 Å². The standard InChI is InChI=1S/C18H19Cl3N2O3S2/c19-10-6-11(20)15-14(7-10)27-17(16(15)21)18(24)22-12-8-28(25,26)9-13(12)23-4-2-1-3-5-23/h6-7,12-13H,1-5,8-9H2,(H,22,24). The number of hydrogen-bond acceptors (Lipinski definition) is 5. The number of carbonyl (C=O) groups is 1. The first-order valence-corrected chi connectivity index (χ1v) is 12.8. The number of carbonyl (C=O) groups excluding carboxylic acids is 1. The van der Waals surface area contributed by atoms with Crippen molar-refractivity contribution in [2.75, 3.05) is 24.6 Å². The Morgan fingerprint density at radius 1 is 1.11 bits per heavy atom. The van der Waals surface area contributed by atoms with Crippen molar-refractivity contribution in [3.8, 4) is 0 Å². The predicted octanol–water partition coefficient (Wildman–Crippen LogP) is 4.24. The molecule has 1 aromatic carbocycles. The number of amides is 1. The zero-order valence-electron chi connectivity index (χ0n) is 14.9. The fourth-order valence-corrected chi connectivity index (χ4v) is 8.30. The third-order valence-electron chi connectivity index (χ3n) is 5.35. The summed E-state index contributed by atoms with van der Waals surface area (Å²) in [6.45, 7) is 1.73. The molecule has 0 spiro atoms. The predicted molar refractivity (Wildman–Crippen MR) is 116 cm³/mol. The molecular weight excluding hydrogens is 463 g/mol. The van der Waals surface area contributed by atoms with Gasteiger partial charge in [0.1, 0.15) is 4.88 Å². The number of piperidine rings is 1. The summed E-state index contributed by atoms with van der Waals surface area (Å²) in [5.74, 6) is -0.336. The molecule has 2 fully saturated rings. The molecule has 152 valence electrons. The molecule has 3 heterocycles. The van der Waals surface area contributed by atoms with Crippen LogP contribution in [0.2, 0.25) is 15.1 Å². The maximum absolute atomic E-state index is 13.0. The van der Waals surface area contributed by atoms with Gasteiger partial charge in [0.05, 0.1) is 27.6 Å². The van der Waals surface area contributed by atoms with Gasteiger partial charge in [0, 0.05) is 21.2 Å². The Bertz CT molecular complexity index is 1030. The Balaban J connectivity index is 1.61. The van der Waals surface area contributed by atoms with Gasteiger partial charge in [-0.2, -0.15) is 0 Å². The van der Waals surface area contributed by atoms with Gasteiger partial charge in [-0.1, -0.05) is 41.2 Å². The van der Waals surface area contributed by atoms with Gasteiger partial charge in [-0.3, -0.25) is 9.69 Å². The normalized spacial score (nSPS) is 25.2.